The summed E-state index contributed by atoms with van der Waals surface area (Å²) in [5.41, 5.74) is 0. The van der Waals surface area contributed by atoms with Crippen LogP contribution >= 0.6 is 0 Å². The monoisotopic (exact) mass is 224 g/mol. The van der Waals surface area contributed by atoms with Gasteiger partial charge in [-0.15, -0.1) is 6.58 Å². The van der Waals surface area contributed by atoms with Crippen LogP contribution in [0.25, 0.3) is 0 Å². The highest BCUT2D eigenvalue weighted by molar-refractivity contribution is 5.83. The van der Waals surface area contributed by atoms with Gasteiger partial charge in [-0.1, -0.05) is 13.0 Å². The van der Waals surface area contributed by atoms with Gasteiger partial charge < -0.3 is 10.2 Å². The standard InChI is InChI=1S/C12H20N2O2/c1-3-7-14(8-4-2)12(16)10-5-6-11(15)13-9-10/h3,10H,1,4-9H2,2H3,(H,13,15). The first-order chi connectivity index (χ1) is 7.69. The zero-order valence-corrected chi connectivity index (χ0v) is 9.87. The maximum atomic E-state index is 12.1. The number of hydrogen-bond donors (Lipinski definition) is 1. The van der Waals surface area contributed by atoms with Gasteiger partial charge >= 0.3 is 0 Å². The second-order valence-electron chi connectivity index (χ2n) is 4.11. The summed E-state index contributed by atoms with van der Waals surface area (Å²) >= 11 is 0. The smallest absolute Gasteiger partial charge is 0.227 e. The van der Waals surface area contributed by atoms with Gasteiger partial charge in [-0.2, -0.15) is 0 Å². The Bertz CT molecular complexity index is 266. The van der Waals surface area contributed by atoms with E-state index < -0.39 is 0 Å². The van der Waals surface area contributed by atoms with Crippen molar-refractivity contribution < 1.29 is 9.59 Å². The number of amides is 2. The molecule has 0 radical (unpaired) electrons. The molecule has 0 saturated carbocycles. The third kappa shape index (κ3) is 3.36. The first kappa shape index (κ1) is 12.7. The number of rotatable bonds is 5. The lowest BCUT2D eigenvalue weighted by atomic mass is 9.97. The molecule has 0 aromatic heterocycles. The van der Waals surface area contributed by atoms with Gasteiger partial charge in [0.15, 0.2) is 0 Å². The molecule has 1 heterocycles. The number of hydrogen-bond acceptors (Lipinski definition) is 2. The van der Waals surface area contributed by atoms with Crippen molar-refractivity contribution in [1.82, 2.24) is 10.2 Å². The molecule has 1 rings (SSSR count). The van der Waals surface area contributed by atoms with Crippen LogP contribution in [-0.4, -0.2) is 36.3 Å². The Morgan fingerprint density at radius 3 is 2.94 bits per heavy atom. The van der Waals surface area contributed by atoms with Crippen molar-refractivity contribution in [3.8, 4) is 0 Å². The quantitative estimate of drug-likeness (QED) is 0.706. The van der Waals surface area contributed by atoms with Gasteiger partial charge in [0.2, 0.25) is 11.8 Å². The molecular formula is C12H20N2O2. The van der Waals surface area contributed by atoms with Crippen LogP contribution in [0.1, 0.15) is 26.2 Å². The Balaban J connectivity index is 2.52. The average molecular weight is 224 g/mol. The van der Waals surface area contributed by atoms with E-state index in [0.717, 1.165) is 13.0 Å². The SMILES string of the molecule is C=CCN(CCC)C(=O)C1CCC(=O)NC1. The number of carbonyl (C=O) groups is 2. The molecule has 16 heavy (non-hydrogen) atoms. The molecule has 0 aliphatic carbocycles. The maximum absolute atomic E-state index is 12.1. The minimum atomic E-state index is -0.0517. The van der Waals surface area contributed by atoms with Crippen LogP contribution in [0.4, 0.5) is 0 Å². The third-order valence-corrected chi connectivity index (χ3v) is 2.77. The summed E-state index contributed by atoms with van der Waals surface area (Å²) in [5.74, 6) is 0.140. The van der Waals surface area contributed by atoms with Crippen molar-refractivity contribution >= 4 is 11.8 Å². The van der Waals surface area contributed by atoms with Crippen LogP contribution in [0.3, 0.4) is 0 Å². The topological polar surface area (TPSA) is 49.4 Å². The molecule has 2 amide bonds. The summed E-state index contributed by atoms with van der Waals surface area (Å²) in [5, 5.41) is 2.74. The van der Waals surface area contributed by atoms with Crippen molar-refractivity contribution in [1.29, 1.82) is 0 Å². The molecule has 1 aliphatic heterocycles. The second kappa shape index (κ2) is 6.30. The first-order valence-corrected chi connectivity index (χ1v) is 5.85. The summed E-state index contributed by atoms with van der Waals surface area (Å²) in [4.78, 5) is 24.9. The highest BCUT2D eigenvalue weighted by Gasteiger charge is 2.27. The summed E-state index contributed by atoms with van der Waals surface area (Å²) < 4.78 is 0. The lowest BCUT2D eigenvalue weighted by Crippen LogP contribution is -2.45. The van der Waals surface area contributed by atoms with Gasteiger partial charge in [0, 0.05) is 26.1 Å². The van der Waals surface area contributed by atoms with E-state index in [0.29, 0.717) is 25.9 Å². The lowest BCUT2D eigenvalue weighted by Gasteiger charge is -2.28. The van der Waals surface area contributed by atoms with Gasteiger partial charge in [-0.25, -0.2) is 0 Å². The molecule has 0 aromatic carbocycles. The number of piperidine rings is 1. The van der Waals surface area contributed by atoms with Gasteiger partial charge in [-0.3, -0.25) is 9.59 Å². The molecule has 1 unspecified atom stereocenters. The number of nitrogens with one attached hydrogen (secondary N) is 1. The average Bonchev–Trinajstić information content (AvgIpc) is 2.29. The number of nitrogens with zero attached hydrogens (tertiary/aromatic N) is 1. The normalized spacial score (nSPS) is 20.1. The highest BCUT2D eigenvalue weighted by Crippen LogP contribution is 2.14. The summed E-state index contributed by atoms with van der Waals surface area (Å²) in [6.45, 7) is 7.54. The predicted molar refractivity (Wildman–Crippen MR) is 62.8 cm³/mol. The summed E-state index contributed by atoms with van der Waals surface area (Å²) in [6, 6.07) is 0. The minimum absolute atomic E-state index is 0.0508. The van der Waals surface area contributed by atoms with Gasteiger partial charge in [0.25, 0.3) is 0 Å². The van der Waals surface area contributed by atoms with Crippen molar-refractivity contribution in [3.05, 3.63) is 12.7 Å². The van der Waals surface area contributed by atoms with Crippen molar-refractivity contribution in [3.63, 3.8) is 0 Å². The molecule has 1 N–H and O–H groups in total. The fourth-order valence-electron chi connectivity index (χ4n) is 1.92. The van der Waals surface area contributed by atoms with Crippen LogP contribution in [0.5, 0.6) is 0 Å². The highest BCUT2D eigenvalue weighted by atomic mass is 16.2. The van der Waals surface area contributed by atoms with E-state index in [4.69, 9.17) is 0 Å². The lowest BCUT2D eigenvalue weighted by molar-refractivity contribution is -0.137. The molecule has 0 aromatic rings. The summed E-state index contributed by atoms with van der Waals surface area (Å²) in [6.07, 6.45) is 3.82. The van der Waals surface area contributed by atoms with E-state index in [2.05, 4.69) is 11.9 Å². The molecule has 1 aliphatic rings. The largest absolute Gasteiger partial charge is 0.355 e. The Morgan fingerprint density at radius 1 is 1.69 bits per heavy atom. The number of carbonyl (C=O) groups excluding carboxylic acids is 2. The van der Waals surface area contributed by atoms with E-state index in [1.54, 1.807) is 6.08 Å². The van der Waals surface area contributed by atoms with E-state index in [9.17, 15) is 9.59 Å². The zero-order valence-electron chi connectivity index (χ0n) is 9.87. The fraction of sp³-hybridized carbons (Fsp3) is 0.667. The molecular weight excluding hydrogens is 204 g/mol. The Hall–Kier alpha value is -1.32. The van der Waals surface area contributed by atoms with E-state index in [1.165, 1.54) is 0 Å². The first-order valence-electron chi connectivity index (χ1n) is 5.85. The Morgan fingerprint density at radius 2 is 2.44 bits per heavy atom. The molecule has 1 fully saturated rings. The summed E-state index contributed by atoms with van der Waals surface area (Å²) in [7, 11) is 0. The van der Waals surface area contributed by atoms with Crippen LogP contribution in [0.2, 0.25) is 0 Å². The van der Waals surface area contributed by atoms with Gasteiger partial charge in [0.1, 0.15) is 0 Å². The molecule has 0 bridgehead atoms. The van der Waals surface area contributed by atoms with Gasteiger partial charge in [-0.05, 0) is 12.8 Å². The van der Waals surface area contributed by atoms with Crippen LogP contribution < -0.4 is 5.32 Å². The van der Waals surface area contributed by atoms with Crippen molar-refractivity contribution in [2.24, 2.45) is 5.92 Å². The van der Waals surface area contributed by atoms with Crippen LogP contribution in [0.15, 0.2) is 12.7 Å². The van der Waals surface area contributed by atoms with E-state index in [-0.39, 0.29) is 17.7 Å². The third-order valence-electron chi connectivity index (χ3n) is 2.77. The molecule has 0 spiro atoms. The minimum Gasteiger partial charge on any atom is -0.355 e. The van der Waals surface area contributed by atoms with E-state index in [1.807, 2.05) is 11.8 Å². The molecule has 1 atom stereocenters. The molecule has 1 saturated heterocycles. The fourth-order valence-corrected chi connectivity index (χ4v) is 1.92. The Kier molecular flexibility index (Phi) is 5.02. The predicted octanol–water partition coefficient (Wildman–Crippen LogP) is 0.937. The van der Waals surface area contributed by atoms with Crippen molar-refractivity contribution in [2.75, 3.05) is 19.6 Å². The molecule has 4 heteroatoms. The molecule has 4 nitrogen and oxygen atoms in total. The maximum Gasteiger partial charge on any atom is 0.227 e. The molecule has 90 valence electrons. The van der Waals surface area contributed by atoms with Crippen LogP contribution in [-0.2, 0) is 9.59 Å². The zero-order chi connectivity index (χ0) is 12.0. The van der Waals surface area contributed by atoms with Crippen LogP contribution in [0, 0.1) is 5.92 Å². The Labute approximate surface area is 96.7 Å². The van der Waals surface area contributed by atoms with E-state index >= 15 is 0 Å². The van der Waals surface area contributed by atoms with Gasteiger partial charge in [0.05, 0.1) is 5.92 Å². The second-order valence-corrected chi connectivity index (χ2v) is 4.11. The van der Waals surface area contributed by atoms with Crippen molar-refractivity contribution in [2.45, 2.75) is 26.2 Å².